The Hall–Kier alpha value is -2.39. The molecule has 4 rings (SSSR count). The van der Waals surface area contributed by atoms with Gasteiger partial charge in [0.05, 0.1) is 12.6 Å². The first-order chi connectivity index (χ1) is 13.8. The van der Waals surface area contributed by atoms with Crippen molar-refractivity contribution in [3.8, 4) is 5.75 Å². The fourth-order valence-electron chi connectivity index (χ4n) is 3.79. The molecule has 6 heteroatoms. The molecule has 1 aromatic heterocycles. The van der Waals surface area contributed by atoms with E-state index >= 15 is 0 Å². The summed E-state index contributed by atoms with van der Waals surface area (Å²) < 4.78 is 5.23. The molecule has 0 bridgehead atoms. The molecular formula is C22H27N4OP. The molecule has 1 aliphatic heterocycles. The summed E-state index contributed by atoms with van der Waals surface area (Å²) in [4.78, 5) is 12.1. The molecule has 146 valence electrons. The summed E-state index contributed by atoms with van der Waals surface area (Å²) in [6, 6.07) is 17.0. The van der Waals surface area contributed by atoms with Gasteiger partial charge in [0.25, 0.3) is 0 Å². The first-order valence-electron chi connectivity index (χ1n) is 9.89. The Labute approximate surface area is 168 Å². The lowest BCUT2D eigenvalue weighted by Crippen LogP contribution is -2.32. The lowest BCUT2D eigenvalue weighted by atomic mass is 10.1. The van der Waals surface area contributed by atoms with Crippen LogP contribution in [0.3, 0.4) is 0 Å². The Balaban J connectivity index is 1.54. The lowest BCUT2D eigenvalue weighted by molar-refractivity contribution is 0.414. The highest BCUT2D eigenvalue weighted by atomic mass is 31.0. The fraction of sp³-hybridized carbons (Fsp3) is 0.364. The van der Waals surface area contributed by atoms with Crippen molar-refractivity contribution in [2.75, 3.05) is 36.6 Å². The molecule has 3 aromatic rings. The molecule has 0 spiro atoms. The van der Waals surface area contributed by atoms with Crippen molar-refractivity contribution in [1.82, 2.24) is 9.97 Å². The molecule has 2 unspecified atom stereocenters. The molecule has 1 fully saturated rings. The summed E-state index contributed by atoms with van der Waals surface area (Å²) in [6.45, 7) is 1.85. The third-order valence-corrected chi connectivity index (χ3v) is 5.91. The summed E-state index contributed by atoms with van der Waals surface area (Å²) in [6.07, 6.45) is 4.39. The minimum atomic E-state index is 0.512. The highest BCUT2D eigenvalue weighted by molar-refractivity contribution is 7.16. The fourth-order valence-corrected chi connectivity index (χ4v) is 4.28. The second-order valence-corrected chi connectivity index (χ2v) is 7.61. The zero-order valence-electron chi connectivity index (χ0n) is 16.3. The summed E-state index contributed by atoms with van der Waals surface area (Å²) in [7, 11) is 4.56. The van der Waals surface area contributed by atoms with Gasteiger partial charge in [-0.2, -0.15) is 4.98 Å². The SMILES string of the molecule is COc1ccc(CCNc2nc(N3CCCC3CP)nc3ccccc23)cc1. The molecule has 1 N–H and O–H groups in total. The van der Waals surface area contributed by atoms with Gasteiger partial charge in [-0.15, -0.1) is 9.24 Å². The Morgan fingerprint density at radius 2 is 1.96 bits per heavy atom. The minimum absolute atomic E-state index is 0.512. The summed E-state index contributed by atoms with van der Waals surface area (Å²) in [5, 5.41) is 4.62. The highest BCUT2D eigenvalue weighted by Gasteiger charge is 2.26. The first kappa shape index (κ1) is 18.9. The number of hydrogen-bond acceptors (Lipinski definition) is 5. The number of hydrogen-bond donors (Lipinski definition) is 1. The maximum absolute atomic E-state index is 5.23. The predicted molar refractivity (Wildman–Crippen MR) is 120 cm³/mol. The average Bonchev–Trinajstić information content (AvgIpc) is 3.23. The molecular weight excluding hydrogens is 367 g/mol. The van der Waals surface area contributed by atoms with E-state index in [9.17, 15) is 0 Å². The third kappa shape index (κ3) is 4.05. The Bertz CT molecular complexity index is 931. The van der Waals surface area contributed by atoms with Crippen LogP contribution in [-0.2, 0) is 6.42 Å². The predicted octanol–water partition coefficient (Wildman–Crippen LogP) is 4.14. The monoisotopic (exact) mass is 394 g/mol. The number of fused-ring (bicyclic) bond motifs is 1. The Morgan fingerprint density at radius 1 is 1.14 bits per heavy atom. The van der Waals surface area contributed by atoms with Gasteiger partial charge in [0.15, 0.2) is 0 Å². The van der Waals surface area contributed by atoms with E-state index in [-0.39, 0.29) is 0 Å². The van der Waals surface area contributed by atoms with Gasteiger partial charge in [-0.3, -0.25) is 0 Å². The van der Waals surface area contributed by atoms with Crippen LogP contribution in [0.25, 0.3) is 10.9 Å². The van der Waals surface area contributed by atoms with E-state index in [1.54, 1.807) is 7.11 Å². The van der Waals surface area contributed by atoms with E-state index in [0.717, 1.165) is 54.1 Å². The molecule has 2 aromatic carbocycles. The van der Waals surface area contributed by atoms with Gasteiger partial charge in [-0.1, -0.05) is 24.3 Å². The van der Waals surface area contributed by atoms with Crippen LogP contribution in [0, 0.1) is 0 Å². The maximum Gasteiger partial charge on any atom is 0.228 e. The van der Waals surface area contributed by atoms with Crippen molar-refractivity contribution in [2.45, 2.75) is 25.3 Å². The van der Waals surface area contributed by atoms with Crippen molar-refractivity contribution in [2.24, 2.45) is 0 Å². The number of nitrogens with zero attached hydrogens (tertiary/aromatic N) is 3. The van der Waals surface area contributed by atoms with Gasteiger partial charge in [0.2, 0.25) is 5.95 Å². The van der Waals surface area contributed by atoms with Gasteiger partial charge in [-0.05, 0) is 55.3 Å². The molecule has 1 saturated heterocycles. The van der Waals surface area contributed by atoms with Crippen molar-refractivity contribution in [3.05, 3.63) is 54.1 Å². The molecule has 28 heavy (non-hydrogen) atoms. The second-order valence-electron chi connectivity index (χ2n) is 7.14. The molecule has 2 heterocycles. The quantitative estimate of drug-likeness (QED) is 0.611. The van der Waals surface area contributed by atoms with Crippen LogP contribution in [0.2, 0.25) is 0 Å². The minimum Gasteiger partial charge on any atom is -0.497 e. The van der Waals surface area contributed by atoms with Crippen molar-refractivity contribution < 1.29 is 4.74 Å². The maximum atomic E-state index is 5.23. The van der Waals surface area contributed by atoms with Crippen LogP contribution in [-0.4, -0.2) is 42.4 Å². The molecule has 0 amide bonds. The molecule has 2 atom stereocenters. The molecule has 0 saturated carbocycles. The third-order valence-electron chi connectivity index (χ3n) is 5.36. The number of benzene rings is 2. The van der Waals surface area contributed by atoms with Crippen LogP contribution in [0.5, 0.6) is 5.75 Å². The zero-order chi connectivity index (χ0) is 19.3. The van der Waals surface area contributed by atoms with E-state index in [2.05, 4.69) is 43.7 Å². The van der Waals surface area contributed by atoms with Crippen molar-refractivity contribution in [3.63, 3.8) is 0 Å². The van der Waals surface area contributed by atoms with Gasteiger partial charge in [0, 0.05) is 24.5 Å². The lowest BCUT2D eigenvalue weighted by Gasteiger charge is -2.24. The van der Waals surface area contributed by atoms with Gasteiger partial charge in [-0.25, -0.2) is 4.98 Å². The van der Waals surface area contributed by atoms with E-state index in [1.165, 1.54) is 18.4 Å². The van der Waals surface area contributed by atoms with E-state index < -0.39 is 0 Å². The van der Waals surface area contributed by atoms with Gasteiger partial charge in [0.1, 0.15) is 11.6 Å². The highest BCUT2D eigenvalue weighted by Crippen LogP contribution is 2.28. The molecule has 0 radical (unpaired) electrons. The van der Waals surface area contributed by atoms with Crippen molar-refractivity contribution in [1.29, 1.82) is 0 Å². The molecule has 1 aliphatic rings. The smallest absolute Gasteiger partial charge is 0.228 e. The van der Waals surface area contributed by atoms with E-state index in [1.807, 2.05) is 24.3 Å². The number of methoxy groups -OCH3 is 1. The Morgan fingerprint density at radius 3 is 2.75 bits per heavy atom. The first-order valence-corrected chi connectivity index (χ1v) is 10.7. The normalized spacial score (nSPS) is 16.5. The second kappa shape index (κ2) is 8.74. The van der Waals surface area contributed by atoms with Crippen LogP contribution in [0.4, 0.5) is 11.8 Å². The van der Waals surface area contributed by atoms with Gasteiger partial charge < -0.3 is 15.0 Å². The van der Waals surface area contributed by atoms with Crippen LogP contribution in [0.1, 0.15) is 18.4 Å². The summed E-state index contributed by atoms with van der Waals surface area (Å²) >= 11 is 0. The number of nitrogens with one attached hydrogen (secondary N) is 1. The van der Waals surface area contributed by atoms with E-state index in [0.29, 0.717) is 6.04 Å². The standard InChI is InChI=1S/C22H27N4OP/c1-27-18-10-8-16(9-11-18)12-13-23-21-19-6-2-3-7-20(19)24-22(25-21)26-14-4-5-17(26)15-28/h2-3,6-11,17H,4-5,12-15,28H2,1H3,(H,23,24,25). The topological polar surface area (TPSA) is 50.3 Å². The number of ether oxygens (including phenoxy) is 1. The van der Waals surface area contributed by atoms with Crippen molar-refractivity contribution >= 4 is 31.9 Å². The molecule has 0 aliphatic carbocycles. The van der Waals surface area contributed by atoms with Gasteiger partial charge >= 0.3 is 0 Å². The van der Waals surface area contributed by atoms with Crippen LogP contribution >= 0.6 is 9.24 Å². The summed E-state index contributed by atoms with van der Waals surface area (Å²) in [5.41, 5.74) is 2.27. The largest absolute Gasteiger partial charge is 0.497 e. The number of rotatable bonds is 7. The summed E-state index contributed by atoms with van der Waals surface area (Å²) in [5.74, 6) is 2.65. The van der Waals surface area contributed by atoms with Crippen LogP contribution < -0.4 is 15.0 Å². The molecule has 5 nitrogen and oxygen atoms in total. The van der Waals surface area contributed by atoms with E-state index in [4.69, 9.17) is 14.7 Å². The number of anilines is 2. The number of para-hydroxylation sites is 1. The zero-order valence-corrected chi connectivity index (χ0v) is 17.4. The average molecular weight is 394 g/mol. The van der Waals surface area contributed by atoms with Crippen LogP contribution in [0.15, 0.2) is 48.5 Å². The number of aromatic nitrogens is 2. The Kier molecular flexibility index (Phi) is 5.92.